The van der Waals surface area contributed by atoms with Crippen molar-refractivity contribution >= 4 is 23.4 Å². The van der Waals surface area contributed by atoms with E-state index < -0.39 is 6.04 Å². The van der Waals surface area contributed by atoms with Gasteiger partial charge in [0, 0.05) is 17.6 Å². The van der Waals surface area contributed by atoms with E-state index in [4.69, 9.17) is 11.6 Å². The molecule has 2 amide bonds. The van der Waals surface area contributed by atoms with Gasteiger partial charge >= 0.3 is 0 Å². The van der Waals surface area contributed by atoms with E-state index in [9.17, 15) is 9.59 Å². The van der Waals surface area contributed by atoms with E-state index in [0.29, 0.717) is 11.6 Å². The van der Waals surface area contributed by atoms with Crippen molar-refractivity contribution in [3.63, 3.8) is 0 Å². The van der Waals surface area contributed by atoms with E-state index in [0.717, 1.165) is 42.4 Å². The highest BCUT2D eigenvalue weighted by molar-refractivity contribution is 6.30. The summed E-state index contributed by atoms with van der Waals surface area (Å²) < 4.78 is 0. The molecule has 30 heavy (non-hydrogen) atoms. The van der Waals surface area contributed by atoms with Gasteiger partial charge in [-0.3, -0.25) is 9.59 Å². The second-order valence-corrected chi connectivity index (χ2v) is 8.71. The van der Waals surface area contributed by atoms with Gasteiger partial charge in [-0.25, -0.2) is 0 Å². The maximum absolute atomic E-state index is 13.3. The molecule has 0 heterocycles. The maximum Gasteiger partial charge on any atom is 0.242 e. The highest BCUT2D eigenvalue weighted by Crippen LogP contribution is 2.19. The summed E-state index contributed by atoms with van der Waals surface area (Å²) in [6.45, 7) is 4.28. The molecule has 0 saturated heterocycles. The van der Waals surface area contributed by atoms with Gasteiger partial charge in [-0.1, -0.05) is 67.3 Å². The van der Waals surface area contributed by atoms with Crippen LogP contribution in [0, 0.1) is 6.92 Å². The van der Waals surface area contributed by atoms with Gasteiger partial charge in [-0.2, -0.15) is 0 Å². The average Bonchev–Trinajstić information content (AvgIpc) is 2.75. The van der Waals surface area contributed by atoms with Gasteiger partial charge in [-0.05, 0) is 55.5 Å². The first-order valence-corrected chi connectivity index (χ1v) is 11.2. The molecule has 1 saturated carbocycles. The SMILES string of the molecule is Cc1ccccc1CN(C(=O)Cc1ccc(Cl)cc1)[C@@H](C)C(=O)NC1CCCCC1. The van der Waals surface area contributed by atoms with E-state index in [1.165, 1.54) is 6.42 Å². The number of benzene rings is 2. The lowest BCUT2D eigenvalue weighted by atomic mass is 9.95. The molecule has 0 unspecified atom stereocenters. The normalized spacial score (nSPS) is 15.4. The number of amides is 2. The Hall–Kier alpha value is -2.33. The highest BCUT2D eigenvalue weighted by atomic mass is 35.5. The van der Waals surface area contributed by atoms with Gasteiger partial charge in [0.25, 0.3) is 0 Å². The van der Waals surface area contributed by atoms with Gasteiger partial charge < -0.3 is 10.2 Å². The molecule has 4 nitrogen and oxygen atoms in total. The van der Waals surface area contributed by atoms with Crippen LogP contribution in [0.3, 0.4) is 0 Å². The minimum absolute atomic E-state index is 0.0631. The van der Waals surface area contributed by atoms with Crippen molar-refractivity contribution < 1.29 is 9.59 Å². The Balaban J connectivity index is 1.76. The van der Waals surface area contributed by atoms with Crippen LogP contribution in [-0.2, 0) is 22.6 Å². The van der Waals surface area contributed by atoms with E-state index in [1.54, 1.807) is 17.0 Å². The number of hydrogen-bond acceptors (Lipinski definition) is 2. The van der Waals surface area contributed by atoms with Crippen LogP contribution in [-0.4, -0.2) is 28.8 Å². The highest BCUT2D eigenvalue weighted by Gasteiger charge is 2.28. The molecule has 0 radical (unpaired) electrons. The van der Waals surface area contributed by atoms with E-state index in [-0.39, 0.29) is 24.3 Å². The predicted octanol–water partition coefficient (Wildman–Crippen LogP) is 5.06. The molecule has 160 valence electrons. The van der Waals surface area contributed by atoms with Gasteiger partial charge in [0.05, 0.1) is 6.42 Å². The minimum Gasteiger partial charge on any atom is -0.352 e. The fourth-order valence-corrected chi connectivity index (χ4v) is 4.13. The van der Waals surface area contributed by atoms with E-state index in [1.807, 2.05) is 50.2 Å². The van der Waals surface area contributed by atoms with Crippen LogP contribution in [0.1, 0.15) is 55.7 Å². The molecule has 1 aliphatic carbocycles. The summed E-state index contributed by atoms with van der Waals surface area (Å²) in [5, 5.41) is 3.82. The lowest BCUT2D eigenvalue weighted by Crippen LogP contribution is -2.50. The number of nitrogens with zero attached hydrogens (tertiary/aromatic N) is 1. The third-order valence-electron chi connectivity index (χ3n) is 5.99. The monoisotopic (exact) mass is 426 g/mol. The molecular weight excluding hydrogens is 396 g/mol. The summed E-state index contributed by atoms with van der Waals surface area (Å²) in [5.41, 5.74) is 3.06. The molecule has 0 bridgehead atoms. The molecule has 0 aliphatic heterocycles. The largest absolute Gasteiger partial charge is 0.352 e. The Bertz CT molecular complexity index is 860. The molecule has 1 atom stereocenters. The fraction of sp³-hybridized carbons (Fsp3) is 0.440. The third-order valence-corrected chi connectivity index (χ3v) is 6.24. The van der Waals surface area contributed by atoms with Crippen molar-refractivity contribution in [3.8, 4) is 0 Å². The van der Waals surface area contributed by atoms with Crippen LogP contribution in [0.15, 0.2) is 48.5 Å². The molecule has 1 fully saturated rings. The Morgan fingerprint density at radius 2 is 1.73 bits per heavy atom. The molecule has 0 spiro atoms. The Kier molecular flexibility index (Phi) is 7.92. The quantitative estimate of drug-likeness (QED) is 0.672. The first kappa shape index (κ1) is 22.4. The first-order valence-electron chi connectivity index (χ1n) is 10.8. The lowest BCUT2D eigenvalue weighted by Gasteiger charge is -2.31. The second kappa shape index (κ2) is 10.6. The van der Waals surface area contributed by atoms with Crippen molar-refractivity contribution in [2.45, 2.75) is 71.0 Å². The summed E-state index contributed by atoms with van der Waals surface area (Å²) in [6, 6.07) is 15.0. The summed E-state index contributed by atoms with van der Waals surface area (Å²) >= 11 is 5.97. The van der Waals surface area contributed by atoms with Crippen LogP contribution in [0.2, 0.25) is 5.02 Å². The van der Waals surface area contributed by atoms with Crippen LogP contribution >= 0.6 is 11.6 Å². The number of aryl methyl sites for hydroxylation is 1. The molecule has 0 aromatic heterocycles. The van der Waals surface area contributed by atoms with Gasteiger partial charge in [-0.15, -0.1) is 0 Å². The van der Waals surface area contributed by atoms with E-state index in [2.05, 4.69) is 5.32 Å². The first-order chi connectivity index (χ1) is 14.4. The van der Waals surface area contributed by atoms with Crippen molar-refractivity contribution in [1.82, 2.24) is 10.2 Å². The van der Waals surface area contributed by atoms with Crippen LogP contribution in [0.25, 0.3) is 0 Å². The summed E-state index contributed by atoms with van der Waals surface area (Å²) in [7, 11) is 0. The molecule has 5 heteroatoms. The van der Waals surface area contributed by atoms with Gasteiger partial charge in [0.15, 0.2) is 0 Å². The summed E-state index contributed by atoms with van der Waals surface area (Å²) in [4.78, 5) is 28.0. The molecule has 2 aromatic carbocycles. The number of hydrogen-bond donors (Lipinski definition) is 1. The predicted molar refractivity (Wildman–Crippen MR) is 121 cm³/mol. The minimum atomic E-state index is -0.536. The maximum atomic E-state index is 13.3. The number of carbonyl (C=O) groups is 2. The zero-order chi connectivity index (χ0) is 21.5. The number of halogens is 1. The molecule has 1 aliphatic rings. The smallest absolute Gasteiger partial charge is 0.242 e. The van der Waals surface area contributed by atoms with Crippen LogP contribution in [0.5, 0.6) is 0 Å². The Morgan fingerprint density at radius 3 is 2.40 bits per heavy atom. The summed E-state index contributed by atoms with van der Waals surface area (Å²) in [6.07, 6.45) is 5.83. The Labute approximate surface area is 184 Å². The van der Waals surface area contributed by atoms with Crippen molar-refractivity contribution in [3.05, 3.63) is 70.2 Å². The number of carbonyl (C=O) groups excluding carboxylic acids is 2. The molecule has 3 rings (SSSR count). The van der Waals surface area contributed by atoms with Crippen molar-refractivity contribution in [1.29, 1.82) is 0 Å². The lowest BCUT2D eigenvalue weighted by molar-refractivity contribution is -0.140. The standard InChI is InChI=1S/C25H31ClN2O2/c1-18-8-6-7-9-21(18)17-28(24(29)16-20-12-14-22(26)15-13-20)19(2)25(30)27-23-10-4-3-5-11-23/h6-9,12-15,19,23H,3-5,10-11,16-17H2,1-2H3,(H,27,30)/t19-/m0/s1. The number of nitrogens with one attached hydrogen (secondary N) is 1. The topological polar surface area (TPSA) is 49.4 Å². The van der Waals surface area contributed by atoms with Gasteiger partial charge in [0.1, 0.15) is 6.04 Å². The fourth-order valence-electron chi connectivity index (χ4n) is 4.00. The van der Waals surface area contributed by atoms with Crippen LogP contribution < -0.4 is 5.32 Å². The van der Waals surface area contributed by atoms with Crippen LogP contribution in [0.4, 0.5) is 0 Å². The average molecular weight is 427 g/mol. The second-order valence-electron chi connectivity index (χ2n) is 8.27. The Morgan fingerprint density at radius 1 is 1.07 bits per heavy atom. The zero-order valence-electron chi connectivity index (χ0n) is 17.9. The third kappa shape index (κ3) is 6.09. The van der Waals surface area contributed by atoms with Gasteiger partial charge in [0.2, 0.25) is 11.8 Å². The molecule has 2 aromatic rings. The molecular formula is C25H31ClN2O2. The number of rotatable bonds is 7. The molecule has 1 N–H and O–H groups in total. The van der Waals surface area contributed by atoms with Crippen molar-refractivity contribution in [2.75, 3.05) is 0 Å². The van der Waals surface area contributed by atoms with Crippen molar-refractivity contribution in [2.24, 2.45) is 0 Å². The zero-order valence-corrected chi connectivity index (χ0v) is 18.6. The summed E-state index contributed by atoms with van der Waals surface area (Å²) in [5.74, 6) is -0.133. The van der Waals surface area contributed by atoms with E-state index >= 15 is 0 Å².